The van der Waals surface area contributed by atoms with E-state index in [2.05, 4.69) is 0 Å². The van der Waals surface area contributed by atoms with Gasteiger partial charge in [-0.1, -0.05) is 12.1 Å². The standard InChI is InChI=1S/C15H17NO5/c1-3-21-15(19)12-9-16(14(18)13(12)17)8-10-4-6-11(20-2)7-5-10/h4-7,12H,3,8-9H2,1-2H3. The van der Waals surface area contributed by atoms with E-state index in [0.29, 0.717) is 5.75 Å². The third-order valence-corrected chi connectivity index (χ3v) is 3.32. The van der Waals surface area contributed by atoms with Crippen LogP contribution in [0.3, 0.4) is 0 Å². The summed E-state index contributed by atoms with van der Waals surface area (Å²) in [6.45, 7) is 2.20. The predicted octanol–water partition coefficient (Wildman–Crippen LogP) is 0.786. The molecule has 1 aliphatic rings. The Morgan fingerprint density at radius 1 is 1.29 bits per heavy atom. The van der Waals surface area contributed by atoms with Crippen molar-refractivity contribution in [1.82, 2.24) is 4.90 Å². The van der Waals surface area contributed by atoms with Gasteiger partial charge < -0.3 is 14.4 Å². The molecular weight excluding hydrogens is 274 g/mol. The Hall–Kier alpha value is -2.37. The van der Waals surface area contributed by atoms with Crippen LogP contribution in [0.25, 0.3) is 0 Å². The zero-order valence-electron chi connectivity index (χ0n) is 12.0. The van der Waals surface area contributed by atoms with Crippen molar-refractivity contribution in [2.75, 3.05) is 20.3 Å². The largest absolute Gasteiger partial charge is 0.497 e. The number of benzene rings is 1. The molecule has 1 atom stereocenters. The molecule has 0 radical (unpaired) electrons. The van der Waals surface area contributed by atoms with Gasteiger partial charge in [-0.25, -0.2) is 0 Å². The summed E-state index contributed by atoms with van der Waals surface area (Å²) >= 11 is 0. The Bertz CT molecular complexity index is 552. The second-order valence-electron chi connectivity index (χ2n) is 4.70. The van der Waals surface area contributed by atoms with Crippen LogP contribution in [0.1, 0.15) is 12.5 Å². The van der Waals surface area contributed by atoms with Crippen molar-refractivity contribution in [3.8, 4) is 5.75 Å². The Morgan fingerprint density at radius 3 is 2.52 bits per heavy atom. The van der Waals surface area contributed by atoms with Crippen molar-refractivity contribution < 1.29 is 23.9 Å². The van der Waals surface area contributed by atoms with Gasteiger partial charge in [0.15, 0.2) is 0 Å². The molecule has 0 saturated carbocycles. The lowest BCUT2D eigenvalue weighted by Gasteiger charge is -2.15. The number of rotatable bonds is 5. The fraction of sp³-hybridized carbons (Fsp3) is 0.400. The van der Waals surface area contributed by atoms with E-state index in [-0.39, 0.29) is 19.7 Å². The molecule has 1 amide bonds. The first-order chi connectivity index (χ1) is 10.1. The fourth-order valence-corrected chi connectivity index (χ4v) is 2.20. The second kappa shape index (κ2) is 6.39. The maximum atomic E-state index is 11.9. The Morgan fingerprint density at radius 2 is 1.95 bits per heavy atom. The highest BCUT2D eigenvalue weighted by Gasteiger charge is 2.43. The first-order valence-corrected chi connectivity index (χ1v) is 6.69. The number of ether oxygens (including phenoxy) is 2. The Kier molecular flexibility index (Phi) is 4.57. The van der Waals surface area contributed by atoms with E-state index < -0.39 is 23.6 Å². The van der Waals surface area contributed by atoms with Gasteiger partial charge in [0.2, 0.25) is 5.78 Å². The highest BCUT2D eigenvalue weighted by molar-refractivity contribution is 6.42. The topological polar surface area (TPSA) is 72.9 Å². The molecule has 1 heterocycles. The fourth-order valence-electron chi connectivity index (χ4n) is 2.20. The van der Waals surface area contributed by atoms with Gasteiger partial charge in [-0.3, -0.25) is 14.4 Å². The summed E-state index contributed by atoms with van der Waals surface area (Å²) in [7, 11) is 1.57. The zero-order chi connectivity index (χ0) is 15.4. The summed E-state index contributed by atoms with van der Waals surface area (Å²) in [6, 6.07) is 7.18. The van der Waals surface area contributed by atoms with Gasteiger partial charge in [0.05, 0.1) is 13.7 Å². The summed E-state index contributed by atoms with van der Waals surface area (Å²) in [5.74, 6) is -2.25. The van der Waals surface area contributed by atoms with E-state index in [4.69, 9.17) is 9.47 Å². The van der Waals surface area contributed by atoms with Crippen LogP contribution in [0.5, 0.6) is 5.75 Å². The number of Topliss-reactive ketones (excluding diaryl/α,β-unsaturated/α-hetero) is 1. The molecule has 6 heteroatoms. The second-order valence-corrected chi connectivity index (χ2v) is 4.70. The summed E-state index contributed by atoms with van der Waals surface area (Å²) in [6.07, 6.45) is 0. The molecule has 1 aliphatic heterocycles. The number of carbonyl (C=O) groups is 3. The van der Waals surface area contributed by atoms with Crippen LogP contribution in [-0.4, -0.2) is 42.8 Å². The number of likely N-dealkylation sites (tertiary alicyclic amines) is 1. The minimum absolute atomic E-state index is 0.0720. The monoisotopic (exact) mass is 291 g/mol. The smallest absolute Gasteiger partial charge is 0.318 e. The number of methoxy groups -OCH3 is 1. The molecule has 1 unspecified atom stereocenters. The van der Waals surface area contributed by atoms with Gasteiger partial charge in [0, 0.05) is 13.1 Å². The van der Waals surface area contributed by atoms with Crippen LogP contribution in [-0.2, 0) is 25.7 Å². The number of amides is 1. The molecule has 0 bridgehead atoms. The zero-order valence-corrected chi connectivity index (χ0v) is 12.0. The number of ketones is 1. The van der Waals surface area contributed by atoms with Crippen molar-refractivity contribution in [2.24, 2.45) is 5.92 Å². The number of carbonyl (C=O) groups excluding carboxylic acids is 3. The SMILES string of the molecule is CCOC(=O)C1CN(Cc2ccc(OC)cc2)C(=O)C1=O. The first-order valence-electron chi connectivity index (χ1n) is 6.69. The van der Waals surface area contributed by atoms with Crippen molar-refractivity contribution in [3.05, 3.63) is 29.8 Å². The highest BCUT2D eigenvalue weighted by atomic mass is 16.5. The normalized spacial score (nSPS) is 18.0. The lowest BCUT2D eigenvalue weighted by Crippen LogP contribution is -2.26. The average molecular weight is 291 g/mol. The van der Waals surface area contributed by atoms with Gasteiger partial charge >= 0.3 is 5.97 Å². The minimum Gasteiger partial charge on any atom is -0.497 e. The third kappa shape index (κ3) is 3.21. The van der Waals surface area contributed by atoms with Crippen LogP contribution in [0.15, 0.2) is 24.3 Å². The number of nitrogens with zero attached hydrogens (tertiary/aromatic N) is 1. The van der Waals surface area contributed by atoms with E-state index in [1.54, 1.807) is 26.2 Å². The Balaban J connectivity index is 2.05. The maximum Gasteiger partial charge on any atom is 0.318 e. The molecule has 0 aliphatic carbocycles. The number of hydrogen-bond donors (Lipinski definition) is 0. The van der Waals surface area contributed by atoms with E-state index in [1.165, 1.54) is 4.90 Å². The molecule has 1 aromatic rings. The molecule has 21 heavy (non-hydrogen) atoms. The van der Waals surface area contributed by atoms with Crippen molar-refractivity contribution in [2.45, 2.75) is 13.5 Å². The van der Waals surface area contributed by atoms with Crippen molar-refractivity contribution >= 4 is 17.7 Å². The molecule has 0 aromatic heterocycles. The van der Waals surface area contributed by atoms with Gasteiger partial charge in [-0.15, -0.1) is 0 Å². The number of hydrogen-bond acceptors (Lipinski definition) is 5. The van der Waals surface area contributed by atoms with Gasteiger partial charge in [-0.2, -0.15) is 0 Å². The van der Waals surface area contributed by atoms with Crippen LogP contribution in [0.4, 0.5) is 0 Å². The molecule has 0 spiro atoms. The molecule has 112 valence electrons. The lowest BCUT2D eigenvalue weighted by molar-refractivity contribution is -0.151. The first kappa shape index (κ1) is 15.0. The van der Waals surface area contributed by atoms with Crippen LogP contribution in [0, 0.1) is 5.92 Å². The van der Waals surface area contributed by atoms with E-state index in [1.807, 2.05) is 12.1 Å². The summed E-state index contributed by atoms with van der Waals surface area (Å²) in [5, 5.41) is 0. The van der Waals surface area contributed by atoms with E-state index in [9.17, 15) is 14.4 Å². The van der Waals surface area contributed by atoms with Gasteiger partial charge in [0.1, 0.15) is 11.7 Å². The Labute approximate surface area is 122 Å². The summed E-state index contributed by atoms with van der Waals surface area (Å²) in [4.78, 5) is 36.7. The van der Waals surface area contributed by atoms with E-state index >= 15 is 0 Å². The molecule has 2 rings (SSSR count). The summed E-state index contributed by atoms with van der Waals surface area (Å²) < 4.78 is 9.88. The minimum atomic E-state index is -1.00. The predicted molar refractivity (Wildman–Crippen MR) is 73.5 cm³/mol. The average Bonchev–Trinajstić information content (AvgIpc) is 2.77. The quantitative estimate of drug-likeness (QED) is 0.455. The van der Waals surface area contributed by atoms with Crippen LogP contribution in [0.2, 0.25) is 0 Å². The van der Waals surface area contributed by atoms with E-state index in [0.717, 1.165) is 5.56 Å². The third-order valence-electron chi connectivity index (χ3n) is 3.32. The van der Waals surface area contributed by atoms with Crippen LogP contribution < -0.4 is 4.74 Å². The highest BCUT2D eigenvalue weighted by Crippen LogP contribution is 2.20. The van der Waals surface area contributed by atoms with Crippen LogP contribution >= 0.6 is 0 Å². The van der Waals surface area contributed by atoms with Gasteiger partial charge in [-0.05, 0) is 24.6 Å². The van der Waals surface area contributed by atoms with Gasteiger partial charge in [0.25, 0.3) is 5.91 Å². The molecule has 1 fully saturated rings. The van der Waals surface area contributed by atoms with Crippen molar-refractivity contribution in [3.63, 3.8) is 0 Å². The molecular formula is C15H17NO5. The molecule has 0 N–H and O–H groups in total. The molecule has 1 saturated heterocycles. The lowest BCUT2D eigenvalue weighted by atomic mass is 10.1. The van der Waals surface area contributed by atoms with Crippen molar-refractivity contribution in [1.29, 1.82) is 0 Å². The maximum absolute atomic E-state index is 11.9. The number of esters is 1. The summed E-state index contributed by atoms with van der Waals surface area (Å²) in [5.41, 5.74) is 0.862. The molecule has 6 nitrogen and oxygen atoms in total. The molecule has 1 aromatic carbocycles.